The largest absolute Gasteiger partial charge is 0.364 e. The first-order valence-electron chi connectivity index (χ1n) is 6.11. The monoisotopic (exact) mass is 360 g/mol. The maximum Gasteiger partial charge on any atom is 0.188 e. The molecular weight excluding hydrogens is 353 g/mol. The molecule has 0 atom stereocenters. The highest BCUT2D eigenvalue weighted by Crippen LogP contribution is 2.43. The third kappa shape index (κ3) is 2.59. The number of aliphatic hydroxyl groups is 2. The van der Waals surface area contributed by atoms with Gasteiger partial charge in [0.05, 0.1) is 9.90 Å². The summed E-state index contributed by atoms with van der Waals surface area (Å²) >= 11 is 12.7. The summed E-state index contributed by atoms with van der Waals surface area (Å²) in [5.74, 6) is -1.71. The zero-order valence-corrected chi connectivity index (χ0v) is 13.1. The van der Waals surface area contributed by atoms with Gasteiger partial charge in [-0.25, -0.2) is 8.78 Å². The molecule has 2 nitrogen and oxygen atoms in total. The van der Waals surface area contributed by atoms with Gasteiger partial charge in [-0.3, -0.25) is 0 Å². The topological polar surface area (TPSA) is 40.5 Å². The van der Waals surface area contributed by atoms with E-state index in [0.29, 0.717) is 21.2 Å². The van der Waals surface area contributed by atoms with Gasteiger partial charge in [-0.15, -0.1) is 11.3 Å². The van der Waals surface area contributed by atoms with Crippen LogP contribution in [0.2, 0.25) is 10.0 Å². The van der Waals surface area contributed by atoms with E-state index in [4.69, 9.17) is 23.2 Å². The molecule has 0 radical (unpaired) electrons. The van der Waals surface area contributed by atoms with E-state index in [1.165, 1.54) is 0 Å². The molecule has 0 saturated heterocycles. The number of hydrogen-bond acceptors (Lipinski definition) is 3. The van der Waals surface area contributed by atoms with Gasteiger partial charge in [0.1, 0.15) is 11.6 Å². The molecule has 2 N–H and O–H groups in total. The molecule has 0 spiro atoms. The van der Waals surface area contributed by atoms with E-state index in [1.807, 2.05) is 0 Å². The van der Waals surface area contributed by atoms with Crippen molar-refractivity contribution >= 4 is 44.6 Å². The molecular formula is C15H8Cl2F2O2S. The van der Waals surface area contributed by atoms with Gasteiger partial charge >= 0.3 is 0 Å². The number of hydrogen-bond donors (Lipinski definition) is 2. The lowest BCUT2D eigenvalue weighted by Gasteiger charge is -2.09. The predicted molar refractivity (Wildman–Crippen MR) is 84.4 cm³/mol. The molecule has 0 saturated carbocycles. The quantitative estimate of drug-likeness (QED) is 0.490. The van der Waals surface area contributed by atoms with Crippen molar-refractivity contribution in [3.8, 4) is 11.1 Å². The first-order chi connectivity index (χ1) is 10.4. The summed E-state index contributed by atoms with van der Waals surface area (Å²) in [7, 11) is 0. The van der Waals surface area contributed by atoms with Crippen LogP contribution in [0.25, 0.3) is 21.2 Å². The smallest absolute Gasteiger partial charge is 0.188 e. The standard InChI is InChI=1S/C15H8Cl2F2O2S/c16-6-1-2-7-12(3-6)22-14(15(20)21)13(7)8-4-9(17)11(19)5-10(8)18/h1-5,15,20-21H. The second kappa shape index (κ2) is 5.76. The molecule has 3 rings (SSSR count). The number of fused-ring (bicyclic) bond motifs is 1. The van der Waals surface area contributed by atoms with Gasteiger partial charge in [0, 0.05) is 32.3 Å². The van der Waals surface area contributed by atoms with Crippen LogP contribution in [-0.2, 0) is 0 Å². The first kappa shape index (κ1) is 15.6. The highest BCUT2D eigenvalue weighted by Gasteiger charge is 2.22. The highest BCUT2D eigenvalue weighted by atomic mass is 35.5. The van der Waals surface area contributed by atoms with E-state index >= 15 is 0 Å². The van der Waals surface area contributed by atoms with Crippen molar-refractivity contribution in [2.75, 3.05) is 0 Å². The molecule has 0 unspecified atom stereocenters. The van der Waals surface area contributed by atoms with E-state index in [9.17, 15) is 19.0 Å². The fourth-order valence-electron chi connectivity index (χ4n) is 2.26. The summed E-state index contributed by atoms with van der Waals surface area (Å²) in [6.45, 7) is 0. The van der Waals surface area contributed by atoms with Crippen LogP contribution in [0.4, 0.5) is 8.78 Å². The van der Waals surface area contributed by atoms with Gasteiger partial charge in [-0.1, -0.05) is 29.3 Å². The number of halogens is 4. The summed E-state index contributed by atoms with van der Waals surface area (Å²) in [5.41, 5.74) is 0.272. The highest BCUT2D eigenvalue weighted by molar-refractivity contribution is 7.19. The van der Waals surface area contributed by atoms with Crippen LogP contribution in [0, 0.1) is 11.6 Å². The van der Waals surface area contributed by atoms with Gasteiger partial charge in [0.2, 0.25) is 0 Å². The Kier molecular flexibility index (Phi) is 4.09. The Balaban J connectivity index is 2.38. The Morgan fingerprint density at radius 3 is 2.41 bits per heavy atom. The average Bonchev–Trinajstić information content (AvgIpc) is 2.81. The minimum Gasteiger partial charge on any atom is -0.364 e. The SMILES string of the molecule is OC(O)c1sc2cc(Cl)ccc2c1-c1cc(Cl)c(F)cc1F. The molecule has 22 heavy (non-hydrogen) atoms. The number of benzene rings is 2. The fraction of sp³-hybridized carbons (Fsp3) is 0.0667. The molecule has 0 fully saturated rings. The van der Waals surface area contributed by atoms with Crippen molar-refractivity contribution in [2.24, 2.45) is 0 Å². The van der Waals surface area contributed by atoms with Crippen LogP contribution < -0.4 is 0 Å². The summed E-state index contributed by atoms with van der Waals surface area (Å²) in [5, 5.41) is 19.9. The zero-order chi connectivity index (χ0) is 16.0. The lowest BCUT2D eigenvalue weighted by atomic mass is 10.0. The molecule has 0 aliphatic rings. The van der Waals surface area contributed by atoms with E-state index in [0.717, 1.165) is 17.4 Å². The maximum absolute atomic E-state index is 14.2. The molecule has 1 heterocycles. The second-order valence-electron chi connectivity index (χ2n) is 4.60. The van der Waals surface area contributed by atoms with Crippen LogP contribution in [0.15, 0.2) is 30.3 Å². The third-order valence-corrected chi connectivity index (χ3v) is 4.91. The van der Waals surface area contributed by atoms with Crippen molar-refractivity contribution in [3.05, 3.63) is 56.9 Å². The third-order valence-electron chi connectivity index (χ3n) is 3.19. The van der Waals surface area contributed by atoms with Crippen molar-refractivity contribution in [1.29, 1.82) is 0 Å². The summed E-state index contributed by atoms with van der Waals surface area (Å²) in [6, 6.07) is 6.70. The van der Waals surface area contributed by atoms with Crippen molar-refractivity contribution < 1.29 is 19.0 Å². The normalized spacial score (nSPS) is 11.6. The molecule has 2 aromatic carbocycles. The molecule has 3 aromatic rings. The molecule has 0 amide bonds. The minimum atomic E-state index is -1.80. The van der Waals surface area contributed by atoms with Crippen molar-refractivity contribution in [3.63, 3.8) is 0 Å². The van der Waals surface area contributed by atoms with E-state index in [1.54, 1.807) is 18.2 Å². The fourth-order valence-corrected chi connectivity index (χ4v) is 3.79. The lowest BCUT2D eigenvalue weighted by molar-refractivity contribution is -0.0390. The van der Waals surface area contributed by atoms with Crippen LogP contribution in [-0.4, -0.2) is 10.2 Å². The minimum absolute atomic E-state index is 0.00284. The Labute approximate surface area is 138 Å². The van der Waals surface area contributed by atoms with Gasteiger partial charge in [-0.2, -0.15) is 0 Å². The van der Waals surface area contributed by atoms with Crippen molar-refractivity contribution in [2.45, 2.75) is 6.29 Å². The average molecular weight is 361 g/mol. The van der Waals surface area contributed by atoms with Crippen molar-refractivity contribution in [1.82, 2.24) is 0 Å². The molecule has 114 valence electrons. The summed E-state index contributed by atoms with van der Waals surface area (Å²) in [4.78, 5) is 0.138. The Morgan fingerprint density at radius 2 is 1.73 bits per heavy atom. The molecule has 7 heteroatoms. The zero-order valence-electron chi connectivity index (χ0n) is 10.8. The maximum atomic E-state index is 14.2. The Morgan fingerprint density at radius 1 is 1.00 bits per heavy atom. The summed E-state index contributed by atoms with van der Waals surface area (Å²) in [6.07, 6.45) is -1.80. The van der Waals surface area contributed by atoms with Crippen LogP contribution in [0.1, 0.15) is 11.2 Å². The van der Waals surface area contributed by atoms with Crippen LogP contribution in [0.5, 0.6) is 0 Å². The summed E-state index contributed by atoms with van der Waals surface area (Å²) < 4.78 is 28.2. The lowest BCUT2D eigenvalue weighted by Crippen LogP contribution is -1.96. The van der Waals surface area contributed by atoms with Gasteiger partial charge in [0.25, 0.3) is 0 Å². The van der Waals surface area contributed by atoms with Gasteiger partial charge in [0.15, 0.2) is 6.29 Å². The van der Waals surface area contributed by atoms with E-state index in [2.05, 4.69) is 0 Å². The Bertz CT molecular complexity index is 878. The molecule has 1 aromatic heterocycles. The second-order valence-corrected chi connectivity index (χ2v) is 6.53. The van der Waals surface area contributed by atoms with Gasteiger partial charge in [-0.05, 0) is 18.2 Å². The Hall–Kier alpha value is -1.24. The van der Waals surface area contributed by atoms with Crippen LogP contribution >= 0.6 is 34.5 Å². The predicted octanol–water partition coefficient (Wildman–Crippen LogP) is 5.14. The molecule has 0 aliphatic carbocycles. The van der Waals surface area contributed by atoms with E-state index < -0.39 is 17.9 Å². The molecule has 0 bridgehead atoms. The van der Waals surface area contributed by atoms with Crippen LogP contribution in [0.3, 0.4) is 0 Å². The first-order valence-corrected chi connectivity index (χ1v) is 7.68. The number of rotatable bonds is 2. The number of thiophene rings is 1. The number of aliphatic hydroxyl groups excluding tert-OH is 1. The molecule has 0 aliphatic heterocycles. The van der Waals surface area contributed by atoms with Gasteiger partial charge < -0.3 is 10.2 Å². The van der Waals surface area contributed by atoms with E-state index in [-0.39, 0.29) is 21.0 Å².